The van der Waals surface area contributed by atoms with Gasteiger partial charge in [-0.25, -0.2) is 0 Å². The first-order valence-electron chi connectivity index (χ1n) is 7.98. The fraction of sp³-hybridized carbons (Fsp3) is 0.333. The fourth-order valence-corrected chi connectivity index (χ4v) is 9.75. The summed E-state index contributed by atoms with van der Waals surface area (Å²) in [4.78, 5) is 0. The second-order valence-corrected chi connectivity index (χ2v) is 12.4. The molecule has 2 aromatic rings. The third-order valence-corrected chi connectivity index (χ3v) is 11.9. The predicted octanol–water partition coefficient (Wildman–Crippen LogP) is 2.27. The van der Waals surface area contributed by atoms with E-state index in [9.17, 15) is 0 Å². The highest BCUT2D eigenvalue weighted by molar-refractivity contribution is 6.86. The van der Waals surface area contributed by atoms with Crippen LogP contribution < -0.4 is 10.4 Å². The van der Waals surface area contributed by atoms with Crippen molar-refractivity contribution in [3.05, 3.63) is 60.7 Å². The van der Waals surface area contributed by atoms with Gasteiger partial charge >= 0.3 is 17.1 Å². The van der Waals surface area contributed by atoms with Crippen molar-refractivity contribution < 1.29 is 17.7 Å². The van der Waals surface area contributed by atoms with E-state index in [0.29, 0.717) is 0 Å². The first-order valence-corrected chi connectivity index (χ1v) is 12.0. The Bertz CT molecular complexity index is 543. The van der Waals surface area contributed by atoms with Gasteiger partial charge in [-0.15, -0.1) is 0 Å². The Labute approximate surface area is 146 Å². The second-order valence-electron chi connectivity index (χ2n) is 5.55. The van der Waals surface area contributed by atoms with Gasteiger partial charge in [0.15, 0.2) is 0 Å². The van der Waals surface area contributed by atoms with E-state index < -0.39 is 17.1 Å². The SMILES string of the molecule is CO[Si](CC[Si](OC)(OC)c1ccccc1)(OC)c1ccccc1. The molecule has 0 fully saturated rings. The molecule has 24 heavy (non-hydrogen) atoms. The Morgan fingerprint density at radius 1 is 0.542 bits per heavy atom. The van der Waals surface area contributed by atoms with Crippen molar-refractivity contribution >= 4 is 27.5 Å². The average Bonchev–Trinajstić information content (AvgIpc) is 2.68. The molecule has 2 rings (SSSR count). The van der Waals surface area contributed by atoms with Crippen LogP contribution in [0.25, 0.3) is 0 Å². The molecule has 6 heteroatoms. The molecular weight excluding hydrogens is 336 g/mol. The summed E-state index contributed by atoms with van der Waals surface area (Å²) < 4.78 is 23.7. The molecule has 0 aliphatic heterocycles. The van der Waals surface area contributed by atoms with Gasteiger partial charge in [-0.2, -0.15) is 0 Å². The van der Waals surface area contributed by atoms with E-state index in [-0.39, 0.29) is 0 Å². The summed E-state index contributed by atoms with van der Waals surface area (Å²) in [5.41, 5.74) is 0. The van der Waals surface area contributed by atoms with Gasteiger partial charge in [-0.3, -0.25) is 0 Å². The molecule has 0 heterocycles. The molecule has 0 aliphatic carbocycles. The first kappa shape index (κ1) is 19.0. The Kier molecular flexibility index (Phi) is 6.91. The van der Waals surface area contributed by atoms with Crippen molar-refractivity contribution in [2.45, 2.75) is 12.1 Å². The number of hydrogen-bond donors (Lipinski definition) is 0. The normalized spacial score (nSPS) is 12.3. The van der Waals surface area contributed by atoms with Crippen LogP contribution in [-0.4, -0.2) is 45.6 Å². The molecule has 0 radical (unpaired) electrons. The quantitative estimate of drug-likeness (QED) is 0.641. The lowest BCUT2D eigenvalue weighted by molar-refractivity contribution is 0.244. The summed E-state index contributed by atoms with van der Waals surface area (Å²) in [6.07, 6.45) is 0. The molecule has 0 N–H and O–H groups in total. The Balaban J connectivity index is 2.29. The molecular formula is C18H26O4Si2. The Morgan fingerprint density at radius 3 is 1.08 bits per heavy atom. The lowest BCUT2D eigenvalue weighted by atomic mass is 10.4. The zero-order valence-electron chi connectivity index (χ0n) is 14.8. The summed E-state index contributed by atoms with van der Waals surface area (Å²) in [7, 11) is 1.88. The molecule has 130 valence electrons. The standard InChI is InChI=1S/C18H26O4Si2/c1-19-23(20-2,17-11-7-5-8-12-17)15-16-24(21-3,22-4)18-13-9-6-10-14-18/h5-14H,15-16H2,1-4H3. The molecule has 4 nitrogen and oxygen atoms in total. The fourth-order valence-electron chi connectivity index (χ4n) is 3.05. The van der Waals surface area contributed by atoms with Crippen LogP contribution in [0.5, 0.6) is 0 Å². The molecule has 0 saturated heterocycles. The lowest BCUT2D eigenvalue weighted by Gasteiger charge is -2.33. The van der Waals surface area contributed by atoms with Crippen molar-refractivity contribution in [2.24, 2.45) is 0 Å². The topological polar surface area (TPSA) is 36.9 Å². The van der Waals surface area contributed by atoms with E-state index >= 15 is 0 Å². The highest BCUT2D eigenvalue weighted by atomic mass is 28.4. The third-order valence-electron chi connectivity index (χ3n) is 4.53. The molecule has 0 atom stereocenters. The van der Waals surface area contributed by atoms with Gasteiger partial charge in [-0.05, 0) is 22.5 Å². The van der Waals surface area contributed by atoms with Crippen molar-refractivity contribution in [3.63, 3.8) is 0 Å². The van der Waals surface area contributed by atoms with Crippen LogP contribution in [0.4, 0.5) is 0 Å². The smallest absolute Gasteiger partial charge is 0.371 e. The minimum Gasteiger partial charge on any atom is -0.394 e. The monoisotopic (exact) mass is 362 g/mol. The van der Waals surface area contributed by atoms with E-state index in [2.05, 4.69) is 24.3 Å². The van der Waals surface area contributed by atoms with E-state index in [1.807, 2.05) is 36.4 Å². The molecule has 0 saturated carbocycles. The van der Waals surface area contributed by atoms with Crippen molar-refractivity contribution in [3.8, 4) is 0 Å². The van der Waals surface area contributed by atoms with Crippen molar-refractivity contribution in [2.75, 3.05) is 28.4 Å². The molecule has 0 aliphatic rings. The molecule has 0 aromatic heterocycles. The van der Waals surface area contributed by atoms with Crippen LogP contribution >= 0.6 is 0 Å². The summed E-state index contributed by atoms with van der Waals surface area (Å²) in [6.45, 7) is 0. The molecule has 0 unspecified atom stereocenters. The van der Waals surface area contributed by atoms with Crippen molar-refractivity contribution in [1.29, 1.82) is 0 Å². The zero-order chi connectivity index (χ0) is 17.5. The van der Waals surface area contributed by atoms with Gasteiger partial charge in [0.05, 0.1) is 0 Å². The summed E-state index contributed by atoms with van der Waals surface area (Å²) in [6, 6.07) is 21.9. The van der Waals surface area contributed by atoms with E-state index in [1.165, 1.54) is 0 Å². The molecule has 0 bridgehead atoms. The van der Waals surface area contributed by atoms with Gasteiger partial charge in [-0.1, -0.05) is 60.7 Å². The van der Waals surface area contributed by atoms with Gasteiger partial charge in [0.2, 0.25) is 0 Å². The maximum Gasteiger partial charge on any atom is 0.371 e. The van der Waals surface area contributed by atoms with Crippen LogP contribution in [0, 0.1) is 0 Å². The maximum atomic E-state index is 5.92. The summed E-state index contributed by atoms with van der Waals surface area (Å²) >= 11 is 0. The minimum atomic E-state index is -2.52. The minimum absolute atomic E-state index is 0.771. The van der Waals surface area contributed by atoms with Crippen LogP contribution in [0.15, 0.2) is 60.7 Å². The number of hydrogen-bond acceptors (Lipinski definition) is 4. The third kappa shape index (κ3) is 3.85. The summed E-state index contributed by atoms with van der Waals surface area (Å²) in [5, 5.41) is 2.25. The van der Waals surface area contributed by atoms with E-state index in [4.69, 9.17) is 17.7 Å². The van der Waals surface area contributed by atoms with Gasteiger partial charge in [0, 0.05) is 28.4 Å². The van der Waals surface area contributed by atoms with Gasteiger partial charge in [0.25, 0.3) is 0 Å². The Morgan fingerprint density at radius 2 is 0.833 bits per heavy atom. The average molecular weight is 363 g/mol. The number of rotatable bonds is 9. The first-order chi connectivity index (χ1) is 11.7. The number of benzene rings is 2. The molecule has 0 amide bonds. The van der Waals surface area contributed by atoms with Crippen LogP contribution in [-0.2, 0) is 17.7 Å². The molecule has 0 spiro atoms. The van der Waals surface area contributed by atoms with E-state index in [1.54, 1.807) is 28.4 Å². The van der Waals surface area contributed by atoms with Crippen LogP contribution in [0.1, 0.15) is 0 Å². The second kappa shape index (κ2) is 8.71. The largest absolute Gasteiger partial charge is 0.394 e. The van der Waals surface area contributed by atoms with Gasteiger partial charge < -0.3 is 17.7 Å². The van der Waals surface area contributed by atoms with Crippen LogP contribution in [0.3, 0.4) is 0 Å². The Hall–Kier alpha value is -1.29. The maximum absolute atomic E-state index is 5.92. The zero-order valence-corrected chi connectivity index (χ0v) is 16.8. The predicted molar refractivity (Wildman–Crippen MR) is 101 cm³/mol. The van der Waals surface area contributed by atoms with Gasteiger partial charge in [0.1, 0.15) is 0 Å². The van der Waals surface area contributed by atoms with Crippen molar-refractivity contribution in [1.82, 2.24) is 0 Å². The lowest BCUT2D eigenvalue weighted by Crippen LogP contribution is -2.57. The highest BCUT2D eigenvalue weighted by Crippen LogP contribution is 2.23. The van der Waals surface area contributed by atoms with Crippen LogP contribution in [0.2, 0.25) is 12.1 Å². The van der Waals surface area contributed by atoms with E-state index in [0.717, 1.165) is 22.5 Å². The summed E-state index contributed by atoms with van der Waals surface area (Å²) in [5.74, 6) is 0. The molecule has 2 aromatic carbocycles. The highest BCUT2D eigenvalue weighted by Gasteiger charge is 2.45.